The fraction of sp³-hybridized carbons (Fsp3) is 0.464. The molecule has 0 saturated heterocycles. The highest BCUT2D eigenvalue weighted by Crippen LogP contribution is 2.44. The van der Waals surface area contributed by atoms with Crippen LogP contribution in [0.1, 0.15) is 69.4 Å². The van der Waals surface area contributed by atoms with Gasteiger partial charge in [-0.25, -0.2) is 4.79 Å². The van der Waals surface area contributed by atoms with Gasteiger partial charge in [-0.15, -0.1) is 0 Å². The number of amides is 2. The Balaban J connectivity index is 1.31. The van der Waals surface area contributed by atoms with E-state index in [1.54, 1.807) is 6.92 Å². The lowest BCUT2D eigenvalue weighted by molar-refractivity contribution is -0.141. The second kappa shape index (κ2) is 10.5. The van der Waals surface area contributed by atoms with Crippen LogP contribution in [0.15, 0.2) is 48.5 Å². The number of benzene rings is 2. The summed E-state index contributed by atoms with van der Waals surface area (Å²) in [7, 11) is 0. The summed E-state index contributed by atoms with van der Waals surface area (Å²) in [6.07, 6.45) is 3.40. The quantitative estimate of drug-likeness (QED) is 0.453. The number of carboxylic acid groups (broad SMARTS) is 1. The molecule has 4 rings (SSSR count). The second-order valence-electron chi connectivity index (χ2n) is 9.93. The van der Waals surface area contributed by atoms with E-state index in [4.69, 9.17) is 9.84 Å². The van der Waals surface area contributed by atoms with Crippen molar-refractivity contribution >= 4 is 18.0 Å². The summed E-state index contributed by atoms with van der Waals surface area (Å²) in [5.74, 6) is -1.43. The van der Waals surface area contributed by atoms with Crippen LogP contribution in [0.25, 0.3) is 11.1 Å². The summed E-state index contributed by atoms with van der Waals surface area (Å²) in [6, 6.07) is 16.2. The SMILES string of the molecule is CC(CCCC(C)C(=O)O)NC(=O)C1(NC(=O)OCC2c3ccccc3-c3ccccc32)CCC1. The molecular weight excluding hydrogens is 444 g/mol. The van der Waals surface area contributed by atoms with Crippen LogP contribution in [-0.4, -0.2) is 41.3 Å². The van der Waals surface area contributed by atoms with Crippen molar-refractivity contribution in [3.8, 4) is 11.1 Å². The van der Waals surface area contributed by atoms with Crippen LogP contribution in [0, 0.1) is 5.92 Å². The number of aliphatic carboxylic acids is 1. The summed E-state index contributed by atoms with van der Waals surface area (Å²) < 4.78 is 5.65. The molecule has 2 aromatic rings. The topological polar surface area (TPSA) is 105 Å². The summed E-state index contributed by atoms with van der Waals surface area (Å²) in [5, 5.41) is 14.9. The highest BCUT2D eigenvalue weighted by Gasteiger charge is 2.46. The van der Waals surface area contributed by atoms with Gasteiger partial charge < -0.3 is 20.5 Å². The minimum Gasteiger partial charge on any atom is -0.481 e. The average Bonchev–Trinajstić information content (AvgIpc) is 3.13. The fourth-order valence-corrected chi connectivity index (χ4v) is 5.06. The van der Waals surface area contributed by atoms with Gasteiger partial charge >= 0.3 is 12.1 Å². The average molecular weight is 479 g/mol. The van der Waals surface area contributed by atoms with Crippen molar-refractivity contribution in [3.05, 3.63) is 59.7 Å². The van der Waals surface area contributed by atoms with Crippen LogP contribution >= 0.6 is 0 Å². The third-order valence-corrected chi connectivity index (χ3v) is 7.40. The highest BCUT2D eigenvalue weighted by molar-refractivity contribution is 5.91. The Morgan fingerprint density at radius 3 is 2.14 bits per heavy atom. The zero-order valence-corrected chi connectivity index (χ0v) is 20.4. The number of alkyl carbamates (subject to hydrolysis) is 1. The standard InChI is InChI=1S/C28H34N2O5/c1-18(25(31)32)9-7-10-19(2)29-26(33)28(15-8-16-28)30-27(34)35-17-24-22-13-5-3-11-20(22)21-12-4-6-14-23(21)24/h3-6,11-14,18-19,24H,7-10,15-17H2,1-2H3,(H,29,33)(H,30,34)(H,31,32). The van der Waals surface area contributed by atoms with Crippen molar-refractivity contribution in [2.75, 3.05) is 6.61 Å². The highest BCUT2D eigenvalue weighted by atomic mass is 16.5. The normalized spacial score (nSPS) is 17.3. The van der Waals surface area contributed by atoms with E-state index < -0.39 is 23.5 Å². The number of carbonyl (C=O) groups is 3. The zero-order valence-electron chi connectivity index (χ0n) is 20.4. The first kappa shape index (κ1) is 24.8. The van der Waals surface area contributed by atoms with Gasteiger partial charge in [0.05, 0.1) is 5.92 Å². The molecule has 2 aromatic carbocycles. The first-order valence-corrected chi connectivity index (χ1v) is 12.5. The van der Waals surface area contributed by atoms with Crippen molar-refractivity contribution < 1.29 is 24.2 Å². The van der Waals surface area contributed by atoms with Gasteiger partial charge in [0.1, 0.15) is 12.1 Å². The van der Waals surface area contributed by atoms with Gasteiger partial charge in [-0.1, -0.05) is 61.9 Å². The molecule has 0 heterocycles. The Morgan fingerprint density at radius 2 is 1.60 bits per heavy atom. The van der Waals surface area contributed by atoms with Gasteiger partial charge in [0, 0.05) is 12.0 Å². The van der Waals surface area contributed by atoms with Crippen molar-refractivity contribution in [1.82, 2.24) is 10.6 Å². The molecule has 0 spiro atoms. The summed E-state index contributed by atoms with van der Waals surface area (Å²) in [4.78, 5) is 36.7. The number of fused-ring (bicyclic) bond motifs is 3. The van der Waals surface area contributed by atoms with E-state index in [1.165, 1.54) is 11.1 Å². The molecule has 7 heteroatoms. The van der Waals surface area contributed by atoms with E-state index in [1.807, 2.05) is 31.2 Å². The number of carbonyl (C=O) groups excluding carboxylic acids is 2. The van der Waals surface area contributed by atoms with Gasteiger partial charge in [-0.2, -0.15) is 0 Å². The molecule has 186 valence electrons. The predicted octanol–water partition coefficient (Wildman–Crippen LogP) is 4.84. The van der Waals surface area contributed by atoms with Gasteiger partial charge in [-0.05, 0) is 61.3 Å². The van der Waals surface area contributed by atoms with E-state index in [-0.39, 0.29) is 24.5 Å². The number of nitrogens with one attached hydrogen (secondary N) is 2. The van der Waals surface area contributed by atoms with Crippen LogP contribution in [0.4, 0.5) is 4.79 Å². The smallest absolute Gasteiger partial charge is 0.408 e. The molecule has 1 fully saturated rings. The second-order valence-corrected chi connectivity index (χ2v) is 9.93. The molecule has 35 heavy (non-hydrogen) atoms. The monoisotopic (exact) mass is 478 g/mol. The predicted molar refractivity (Wildman–Crippen MR) is 133 cm³/mol. The molecular formula is C28H34N2O5. The van der Waals surface area contributed by atoms with Crippen molar-refractivity contribution in [3.63, 3.8) is 0 Å². The molecule has 3 N–H and O–H groups in total. The lowest BCUT2D eigenvalue weighted by atomic mass is 9.76. The summed E-state index contributed by atoms with van der Waals surface area (Å²) in [6.45, 7) is 3.80. The number of carboxylic acids is 1. The van der Waals surface area contributed by atoms with Gasteiger partial charge in [-0.3, -0.25) is 9.59 Å². The van der Waals surface area contributed by atoms with E-state index in [2.05, 4.69) is 34.9 Å². The minimum absolute atomic E-state index is 0.0347. The van der Waals surface area contributed by atoms with E-state index >= 15 is 0 Å². The molecule has 2 aliphatic rings. The summed E-state index contributed by atoms with van der Waals surface area (Å²) >= 11 is 0. The molecule has 7 nitrogen and oxygen atoms in total. The molecule has 0 radical (unpaired) electrons. The van der Waals surface area contributed by atoms with Crippen LogP contribution in [0.2, 0.25) is 0 Å². The fourth-order valence-electron chi connectivity index (χ4n) is 5.06. The largest absolute Gasteiger partial charge is 0.481 e. The minimum atomic E-state index is -0.939. The Labute approximate surface area is 206 Å². The maximum absolute atomic E-state index is 13.0. The van der Waals surface area contributed by atoms with Crippen molar-refractivity contribution in [2.45, 2.75) is 69.9 Å². The Bertz CT molecular complexity index is 1050. The maximum Gasteiger partial charge on any atom is 0.408 e. The molecule has 2 unspecified atom stereocenters. The van der Waals surface area contributed by atoms with Crippen LogP contribution in [0.3, 0.4) is 0 Å². The third kappa shape index (κ3) is 5.34. The maximum atomic E-state index is 13.0. The van der Waals surface area contributed by atoms with Crippen LogP contribution < -0.4 is 10.6 Å². The lowest BCUT2D eigenvalue weighted by Gasteiger charge is -2.41. The van der Waals surface area contributed by atoms with Gasteiger partial charge in [0.25, 0.3) is 0 Å². The lowest BCUT2D eigenvalue weighted by Crippen LogP contribution is -2.63. The molecule has 0 aliphatic heterocycles. The third-order valence-electron chi connectivity index (χ3n) is 7.40. The van der Waals surface area contributed by atoms with Gasteiger partial charge in [0.15, 0.2) is 0 Å². The number of rotatable bonds is 10. The first-order valence-electron chi connectivity index (χ1n) is 12.5. The van der Waals surface area contributed by atoms with Crippen LogP contribution in [-0.2, 0) is 14.3 Å². The molecule has 0 bridgehead atoms. The van der Waals surface area contributed by atoms with Crippen LogP contribution in [0.5, 0.6) is 0 Å². The van der Waals surface area contributed by atoms with Gasteiger partial charge in [0.2, 0.25) is 5.91 Å². The van der Waals surface area contributed by atoms with Crippen molar-refractivity contribution in [2.24, 2.45) is 5.92 Å². The first-order chi connectivity index (χ1) is 16.8. The molecule has 1 saturated carbocycles. The molecule has 2 atom stereocenters. The molecule has 2 amide bonds. The summed E-state index contributed by atoms with van der Waals surface area (Å²) in [5.41, 5.74) is 3.68. The number of hydrogen-bond donors (Lipinski definition) is 3. The van der Waals surface area contributed by atoms with E-state index in [9.17, 15) is 14.4 Å². The molecule has 0 aromatic heterocycles. The zero-order chi connectivity index (χ0) is 25.0. The van der Waals surface area contributed by atoms with Crippen molar-refractivity contribution in [1.29, 1.82) is 0 Å². The number of hydrogen-bond acceptors (Lipinski definition) is 4. The Hall–Kier alpha value is -3.35. The Morgan fingerprint density at radius 1 is 1.00 bits per heavy atom. The van der Waals surface area contributed by atoms with E-state index in [0.29, 0.717) is 32.1 Å². The van der Waals surface area contributed by atoms with E-state index in [0.717, 1.165) is 17.5 Å². The Kier molecular flexibility index (Phi) is 7.43. The number of ether oxygens (including phenoxy) is 1. The molecule has 2 aliphatic carbocycles.